The number of urea groups is 1. The van der Waals surface area contributed by atoms with E-state index in [0.29, 0.717) is 6.54 Å². The highest BCUT2D eigenvalue weighted by Crippen LogP contribution is 2.30. The van der Waals surface area contributed by atoms with Crippen LogP contribution in [0.15, 0.2) is 42.7 Å². The summed E-state index contributed by atoms with van der Waals surface area (Å²) in [5.74, 6) is 0.246. The van der Waals surface area contributed by atoms with Gasteiger partial charge in [-0.3, -0.25) is 4.98 Å². The van der Waals surface area contributed by atoms with Gasteiger partial charge in [0.05, 0.1) is 24.7 Å². The molecule has 7 heteroatoms. The number of hydrogen-bond acceptors (Lipinski definition) is 4. The van der Waals surface area contributed by atoms with Gasteiger partial charge in [-0.1, -0.05) is 12.1 Å². The van der Waals surface area contributed by atoms with Crippen LogP contribution in [0.25, 0.3) is 0 Å². The van der Waals surface area contributed by atoms with Gasteiger partial charge in [-0.15, -0.1) is 0 Å². The highest BCUT2D eigenvalue weighted by Gasteiger charge is 2.25. The zero-order chi connectivity index (χ0) is 16.9. The third-order valence-corrected chi connectivity index (χ3v) is 3.97. The summed E-state index contributed by atoms with van der Waals surface area (Å²) in [4.78, 5) is 17.8. The number of halogens is 1. The quantitative estimate of drug-likeness (QED) is 0.904. The van der Waals surface area contributed by atoms with Gasteiger partial charge >= 0.3 is 6.03 Å². The van der Waals surface area contributed by atoms with Crippen molar-refractivity contribution in [2.45, 2.75) is 12.5 Å². The van der Waals surface area contributed by atoms with Gasteiger partial charge in [0.2, 0.25) is 0 Å². The SMILES string of the molecule is COc1ccccc1N1CC[C@@H](NC(=O)Nc2ccncc2F)C1. The minimum Gasteiger partial charge on any atom is -0.495 e. The first-order chi connectivity index (χ1) is 11.7. The average molecular weight is 330 g/mol. The fourth-order valence-corrected chi connectivity index (χ4v) is 2.81. The molecule has 0 unspecified atom stereocenters. The third kappa shape index (κ3) is 3.56. The lowest BCUT2D eigenvalue weighted by atomic mass is 10.2. The average Bonchev–Trinajstić information content (AvgIpc) is 3.05. The lowest BCUT2D eigenvalue weighted by molar-refractivity contribution is 0.249. The summed E-state index contributed by atoms with van der Waals surface area (Å²) in [5, 5.41) is 5.38. The molecule has 1 aliphatic heterocycles. The zero-order valence-electron chi connectivity index (χ0n) is 13.3. The number of methoxy groups -OCH3 is 1. The van der Waals surface area contributed by atoms with Gasteiger partial charge in [0, 0.05) is 25.3 Å². The summed E-state index contributed by atoms with van der Waals surface area (Å²) in [5.41, 5.74) is 1.12. The smallest absolute Gasteiger partial charge is 0.319 e. The Morgan fingerprint density at radius 2 is 2.21 bits per heavy atom. The number of benzene rings is 1. The molecule has 1 aromatic heterocycles. The van der Waals surface area contributed by atoms with Crippen LogP contribution in [0.5, 0.6) is 5.75 Å². The molecule has 2 amide bonds. The lowest BCUT2D eigenvalue weighted by Crippen LogP contribution is -2.39. The lowest BCUT2D eigenvalue weighted by Gasteiger charge is -2.21. The molecule has 3 rings (SSSR count). The van der Waals surface area contributed by atoms with Crippen LogP contribution in [-0.4, -0.2) is 37.3 Å². The first-order valence-corrected chi connectivity index (χ1v) is 7.72. The van der Waals surface area contributed by atoms with Crippen LogP contribution in [-0.2, 0) is 0 Å². The summed E-state index contributed by atoms with van der Waals surface area (Å²) < 4.78 is 18.9. The van der Waals surface area contributed by atoms with Crippen molar-refractivity contribution in [3.05, 3.63) is 48.5 Å². The predicted octanol–water partition coefficient (Wildman–Crippen LogP) is 2.63. The summed E-state index contributed by atoms with van der Waals surface area (Å²) in [6.45, 7) is 1.49. The minimum absolute atomic E-state index is 0.0141. The first kappa shape index (κ1) is 16.0. The maximum atomic E-state index is 13.5. The Hall–Kier alpha value is -2.83. The number of anilines is 2. The Labute approximate surface area is 139 Å². The Bertz CT molecular complexity index is 725. The number of para-hydroxylation sites is 2. The van der Waals surface area contributed by atoms with Crippen LogP contribution < -0.4 is 20.3 Å². The molecule has 6 nitrogen and oxygen atoms in total. The van der Waals surface area contributed by atoms with Crippen molar-refractivity contribution in [3.63, 3.8) is 0 Å². The van der Waals surface area contributed by atoms with Gasteiger partial charge < -0.3 is 20.3 Å². The standard InChI is InChI=1S/C17H19FN4O2/c1-24-16-5-3-2-4-15(16)22-9-7-12(11-22)20-17(23)21-14-6-8-19-10-13(14)18/h2-6,8,10,12H,7,9,11H2,1H3,(H2,19,20,21,23)/t12-/m1/s1. The molecular formula is C17H19FN4O2. The Morgan fingerprint density at radius 3 is 3.00 bits per heavy atom. The summed E-state index contributed by atoms with van der Waals surface area (Å²) in [6.07, 6.45) is 3.30. The summed E-state index contributed by atoms with van der Waals surface area (Å²) in [6, 6.07) is 8.77. The number of carbonyl (C=O) groups excluding carboxylic acids is 1. The molecule has 1 aliphatic rings. The van der Waals surface area contributed by atoms with Crippen LogP contribution in [0.3, 0.4) is 0 Å². The van der Waals surface area contributed by atoms with Crippen LogP contribution in [0, 0.1) is 5.82 Å². The Balaban J connectivity index is 1.58. The molecule has 1 atom stereocenters. The summed E-state index contributed by atoms with van der Waals surface area (Å²) >= 11 is 0. The van der Waals surface area contributed by atoms with E-state index in [1.165, 1.54) is 12.3 Å². The number of nitrogens with one attached hydrogen (secondary N) is 2. The fourth-order valence-electron chi connectivity index (χ4n) is 2.81. The highest BCUT2D eigenvalue weighted by molar-refractivity contribution is 5.89. The molecule has 0 radical (unpaired) electrons. The van der Waals surface area contributed by atoms with Crippen molar-refractivity contribution in [1.82, 2.24) is 10.3 Å². The van der Waals surface area contributed by atoms with Crippen molar-refractivity contribution in [1.29, 1.82) is 0 Å². The van der Waals surface area contributed by atoms with Crippen molar-refractivity contribution >= 4 is 17.4 Å². The molecule has 0 bridgehead atoms. The molecule has 0 saturated carbocycles. The van der Waals surface area contributed by atoms with E-state index in [0.717, 1.165) is 30.6 Å². The van der Waals surface area contributed by atoms with Gasteiger partial charge in [0.15, 0.2) is 5.82 Å². The fraction of sp³-hybridized carbons (Fsp3) is 0.294. The number of hydrogen-bond donors (Lipinski definition) is 2. The molecule has 1 fully saturated rings. The van der Waals surface area contributed by atoms with Crippen molar-refractivity contribution in [2.24, 2.45) is 0 Å². The number of rotatable bonds is 4. The van der Waals surface area contributed by atoms with Crippen LogP contribution in [0.4, 0.5) is 20.6 Å². The Kier molecular flexibility index (Phi) is 4.79. The maximum absolute atomic E-state index is 13.5. The Morgan fingerprint density at radius 1 is 1.38 bits per heavy atom. The molecule has 1 saturated heterocycles. The van der Waals surface area contributed by atoms with Gasteiger partial charge in [0.1, 0.15) is 5.75 Å². The van der Waals surface area contributed by atoms with E-state index in [2.05, 4.69) is 20.5 Å². The van der Waals surface area contributed by atoms with Crippen LogP contribution in [0.1, 0.15) is 6.42 Å². The molecule has 0 spiro atoms. The number of nitrogens with zero attached hydrogens (tertiary/aromatic N) is 2. The second-order valence-corrected chi connectivity index (χ2v) is 5.56. The van der Waals surface area contributed by atoms with E-state index in [1.54, 1.807) is 7.11 Å². The van der Waals surface area contributed by atoms with E-state index in [1.807, 2.05) is 24.3 Å². The second-order valence-electron chi connectivity index (χ2n) is 5.56. The van der Waals surface area contributed by atoms with Crippen LogP contribution >= 0.6 is 0 Å². The molecule has 1 aromatic carbocycles. The first-order valence-electron chi connectivity index (χ1n) is 7.72. The van der Waals surface area contributed by atoms with Gasteiger partial charge in [-0.05, 0) is 24.6 Å². The number of amides is 2. The monoisotopic (exact) mass is 330 g/mol. The number of aromatic nitrogens is 1. The van der Waals surface area contributed by atoms with E-state index in [-0.39, 0.29) is 11.7 Å². The van der Waals surface area contributed by atoms with E-state index < -0.39 is 11.8 Å². The van der Waals surface area contributed by atoms with Gasteiger partial charge in [-0.2, -0.15) is 0 Å². The maximum Gasteiger partial charge on any atom is 0.319 e. The molecule has 126 valence electrons. The largest absolute Gasteiger partial charge is 0.495 e. The van der Waals surface area contributed by atoms with E-state index in [4.69, 9.17) is 4.74 Å². The normalized spacial score (nSPS) is 16.8. The van der Waals surface area contributed by atoms with Crippen molar-refractivity contribution in [2.75, 3.05) is 30.4 Å². The molecule has 2 N–H and O–H groups in total. The topological polar surface area (TPSA) is 66.5 Å². The van der Waals surface area contributed by atoms with Crippen molar-refractivity contribution in [3.8, 4) is 5.75 Å². The zero-order valence-corrected chi connectivity index (χ0v) is 13.3. The number of carbonyl (C=O) groups is 1. The van der Waals surface area contributed by atoms with E-state index in [9.17, 15) is 9.18 Å². The predicted molar refractivity (Wildman–Crippen MR) is 90.0 cm³/mol. The van der Waals surface area contributed by atoms with Crippen LogP contribution in [0.2, 0.25) is 0 Å². The van der Waals surface area contributed by atoms with Gasteiger partial charge in [-0.25, -0.2) is 9.18 Å². The third-order valence-electron chi connectivity index (χ3n) is 3.97. The number of pyridine rings is 1. The van der Waals surface area contributed by atoms with Crippen molar-refractivity contribution < 1.29 is 13.9 Å². The number of ether oxygens (including phenoxy) is 1. The molecule has 24 heavy (non-hydrogen) atoms. The highest BCUT2D eigenvalue weighted by atomic mass is 19.1. The van der Waals surface area contributed by atoms with E-state index >= 15 is 0 Å². The molecule has 0 aliphatic carbocycles. The molecule has 2 heterocycles. The van der Waals surface area contributed by atoms with Gasteiger partial charge in [0.25, 0.3) is 0 Å². The molecule has 2 aromatic rings. The minimum atomic E-state index is -0.560. The second kappa shape index (κ2) is 7.16. The molecular weight excluding hydrogens is 311 g/mol. The summed E-state index contributed by atoms with van der Waals surface area (Å²) in [7, 11) is 1.64.